The average Bonchev–Trinajstić information content (AvgIpc) is 3.72. The minimum absolute atomic E-state index is 0.0347. The zero-order chi connectivity index (χ0) is 40.8. The first kappa shape index (κ1) is 38.9. The van der Waals surface area contributed by atoms with E-state index in [4.69, 9.17) is 26.6 Å². The number of fused-ring (bicyclic) bond motifs is 3. The van der Waals surface area contributed by atoms with Crippen LogP contribution in [-0.2, 0) is 0 Å². The van der Waals surface area contributed by atoms with E-state index in [0.29, 0.717) is 27.9 Å². The van der Waals surface area contributed by atoms with Gasteiger partial charge in [-0.3, -0.25) is 14.4 Å². The molecule has 5 heterocycles. The number of halogens is 1. The van der Waals surface area contributed by atoms with Crippen LogP contribution in [0.15, 0.2) is 59.6 Å². The van der Waals surface area contributed by atoms with Gasteiger partial charge in [-0.05, 0) is 126 Å². The normalized spacial score (nSPS) is 23.4. The van der Waals surface area contributed by atoms with Crippen LogP contribution in [0.2, 0.25) is 5.02 Å². The SMILES string of the molecule is Cc1sc2c(c1C)C(c1ccc(C#CC3CC4(CCCN(c5ccc(C(=O)NC6CCC(Oc7ccc(C#N)c(Cl)c7)CC6)nn5)C4)C3)cc1)=N[C@@H](C)c1nnc(C)n1-2. The Labute approximate surface area is 353 Å². The second-order valence-electron chi connectivity index (χ2n) is 16.6. The predicted octanol–water partition coefficient (Wildman–Crippen LogP) is 8.65. The minimum atomic E-state index is -0.201. The lowest BCUT2D eigenvalue weighted by Gasteiger charge is -2.51. The number of anilines is 1. The third-order valence-electron chi connectivity index (χ3n) is 12.5. The lowest BCUT2D eigenvalue weighted by molar-refractivity contribution is 0.0684. The molecule has 1 saturated heterocycles. The smallest absolute Gasteiger partial charge is 0.272 e. The Morgan fingerprint density at radius 2 is 1.80 bits per heavy atom. The fraction of sp³-hybridized carbons (Fsp3) is 0.413. The zero-order valence-electron chi connectivity index (χ0n) is 33.8. The second-order valence-corrected chi connectivity index (χ2v) is 18.2. The Balaban J connectivity index is 0.772. The Morgan fingerprint density at radius 1 is 1.00 bits per heavy atom. The van der Waals surface area contributed by atoms with E-state index in [1.165, 1.54) is 22.4 Å². The van der Waals surface area contributed by atoms with Crippen molar-refractivity contribution < 1.29 is 9.53 Å². The van der Waals surface area contributed by atoms with E-state index in [1.54, 1.807) is 35.6 Å². The van der Waals surface area contributed by atoms with Crippen LogP contribution in [0.3, 0.4) is 0 Å². The summed E-state index contributed by atoms with van der Waals surface area (Å²) in [6.45, 7) is 10.3. The molecule has 2 aliphatic carbocycles. The number of rotatable bonds is 6. The van der Waals surface area contributed by atoms with E-state index in [0.717, 1.165) is 97.3 Å². The van der Waals surface area contributed by atoms with Crippen LogP contribution in [0, 0.1) is 55.3 Å². The Kier molecular flexibility index (Phi) is 10.5. The molecule has 11 nitrogen and oxygen atoms in total. The lowest BCUT2D eigenvalue weighted by Crippen LogP contribution is -2.50. The molecule has 1 N–H and O–H groups in total. The highest BCUT2D eigenvalue weighted by molar-refractivity contribution is 7.15. The second kappa shape index (κ2) is 15.9. The molecule has 0 unspecified atom stereocenters. The number of hydrogen-bond donors (Lipinski definition) is 1. The molecule has 2 aliphatic heterocycles. The van der Waals surface area contributed by atoms with Crippen molar-refractivity contribution >= 4 is 40.4 Å². The number of piperidine rings is 1. The van der Waals surface area contributed by atoms with Crippen LogP contribution in [0.25, 0.3) is 5.00 Å². The Bertz CT molecular complexity index is 2550. The molecule has 59 heavy (non-hydrogen) atoms. The molecule has 2 aromatic carbocycles. The van der Waals surface area contributed by atoms with Gasteiger partial charge in [-0.1, -0.05) is 35.6 Å². The molecule has 2 saturated carbocycles. The first-order valence-electron chi connectivity index (χ1n) is 20.5. The largest absolute Gasteiger partial charge is 0.490 e. The Hall–Kier alpha value is -5.56. The lowest BCUT2D eigenvalue weighted by atomic mass is 9.58. The third kappa shape index (κ3) is 7.72. The maximum absolute atomic E-state index is 13.1. The van der Waals surface area contributed by atoms with E-state index in [2.05, 4.69) is 98.1 Å². The summed E-state index contributed by atoms with van der Waals surface area (Å²) in [4.78, 5) is 21.9. The van der Waals surface area contributed by atoms with Gasteiger partial charge < -0.3 is 15.0 Å². The van der Waals surface area contributed by atoms with Gasteiger partial charge in [-0.15, -0.1) is 31.7 Å². The average molecular weight is 824 g/mol. The number of nitrogens with zero attached hydrogens (tertiary/aromatic N) is 8. The molecule has 1 atom stereocenters. The summed E-state index contributed by atoms with van der Waals surface area (Å²) >= 11 is 7.94. The molecule has 5 aromatic rings. The molecule has 3 aromatic heterocycles. The zero-order valence-corrected chi connectivity index (χ0v) is 35.3. The molecule has 1 amide bonds. The molecule has 0 bridgehead atoms. The van der Waals surface area contributed by atoms with Gasteiger partial charge in [0, 0.05) is 52.7 Å². The molecule has 9 rings (SSSR count). The van der Waals surface area contributed by atoms with E-state index < -0.39 is 0 Å². The van der Waals surface area contributed by atoms with Crippen molar-refractivity contribution in [2.75, 3.05) is 18.0 Å². The fourth-order valence-corrected chi connectivity index (χ4v) is 10.7. The van der Waals surface area contributed by atoms with Crippen molar-refractivity contribution in [3.8, 4) is 28.7 Å². The Morgan fingerprint density at radius 3 is 2.53 bits per heavy atom. The van der Waals surface area contributed by atoms with Gasteiger partial charge in [0.1, 0.15) is 28.7 Å². The predicted molar refractivity (Wildman–Crippen MR) is 230 cm³/mol. The van der Waals surface area contributed by atoms with Crippen LogP contribution >= 0.6 is 22.9 Å². The molecule has 3 fully saturated rings. The van der Waals surface area contributed by atoms with Gasteiger partial charge in [0.2, 0.25) is 0 Å². The van der Waals surface area contributed by atoms with Gasteiger partial charge in [-0.25, -0.2) is 0 Å². The summed E-state index contributed by atoms with van der Waals surface area (Å²) in [7, 11) is 0. The van der Waals surface area contributed by atoms with Crippen LogP contribution in [-0.4, -0.2) is 61.8 Å². The molecule has 13 heteroatoms. The number of hydrogen-bond acceptors (Lipinski definition) is 10. The summed E-state index contributed by atoms with van der Waals surface area (Å²) in [5.41, 5.74) is 6.50. The van der Waals surface area contributed by atoms with E-state index in [1.807, 2.05) is 13.0 Å². The van der Waals surface area contributed by atoms with Gasteiger partial charge >= 0.3 is 0 Å². The highest BCUT2D eigenvalue weighted by atomic mass is 35.5. The van der Waals surface area contributed by atoms with Gasteiger partial charge in [0.15, 0.2) is 17.3 Å². The molecule has 0 radical (unpaired) electrons. The summed E-state index contributed by atoms with van der Waals surface area (Å²) in [6.07, 6.45) is 7.70. The number of thiophene rings is 1. The highest BCUT2D eigenvalue weighted by Crippen LogP contribution is 2.51. The maximum atomic E-state index is 13.1. The van der Waals surface area contributed by atoms with E-state index in [9.17, 15) is 4.79 Å². The number of aliphatic imine (C=N–C) groups is 1. The number of benzene rings is 2. The number of amides is 1. The topological polar surface area (TPSA) is 134 Å². The number of aryl methyl sites for hydroxylation is 2. The van der Waals surface area contributed by atoms with Crippen molar-refractivity contribution in [1.29, 1.82) is 5.26 Å². The fourth-order valence-electron chi connectivity index (χ4n) is 9.25. The monoisotopic (exact) mass is 823 g/mol. The minimum Gasteiger partial charge on any atom is -0.490 e. The number of nitrogens with one attached hydrogen (secondary N) is 1. The standard InChI is InChI=1S/C46H46ClN9O2S/c1-27-29(3)59-45-41(27)42(49-28(2)43-54-51-30(4)56(43)45)33-10-8-31(9-11-33)6-7-32-23-46(24-32)20-5-21-55(26-46)40-19-18-39(52-53-40)44(57)50-35-13-16-36(17-14-35)58-37-15-12-34(25-48)38(47)22-37/h8-12,15,18-19,22,28,32,35-36H,5,13-14,16-17,20-21,23-24,26H2,1-4H3,(H,50,57)/t28-,32?,35?,36?,46?/m0/s1. The molecule has 300 valence electrons. The quantitative estimate of drug-likeness (QED) is 0.168. The number of nitriles is 1. The van der Waals surface area contributed by atoms with Gasteiger partial charge in [0.05, 0.1) is 22.4 Å². The van der Waals surface area contributed by atoms with Crippen LogP contribution in [0.1, 0.15) is 119 Å². The van der Waals surface area contributed by atoms with Crippen LogP contribution in [0.4, 0.5) is 5.82 Å². The van der Waals surface area contributed by atoms with Crippen molar-refractivity contribution in [3.63, 3.8) is 0 Å². The number of aromatic nitrogens is 5. The molecule has 1 spiro atoms. The van der Waals surface area contributed by atoms with Crippen molar-refractivity contribution in [3.05, 3.63) is 110 Å². The van der Waals surface area contributed by atoms with Gasteiger partial charge in [-0.2, -0.15) is 5.26 Å². The highest BCUT2D eigenvalue weighted by Gasteiger charge is 2.46. The summed E-state index contributed by atoms with van der Waals surface area (Å²) in [5, 5.41) is 31.5. The van der Waals surface area contributed by atoms with Crippen LogP contribution in [0.5, 0.6) is 5.75 Å². The number of carbonyl (C=O) groups is 1. The maximum Gasteiger partial charge on any atom is 0.272 e. The van der Waals surface area contributed by atoms with E-state index >= 15 is 0 Å². The van der Waals surface area contributed by atoms with Crippen molar-refractivity contribution in [1.82, 2.24) is 30.3 Å². The molecular formula is C46H46ClN9O2S. The third-order valence-corrected chi connectivity index (χ3v) is 14.0. The first-order valence-corrected chi connectivity index (χ1v) is 21.7. The summed E-state index contributed by atoms with van der Waals surface area (Å²) in [6, 6.07) is 19.4. The molecular weight excluding hydrogens is 778 g/mol. The van der Waals surface area contributed by atoms with Crippen LogP contribution < -0.4 is 15.0 Å². The van der Waals surface area contributed by atoms with Crippen molar-refractivity contribution in [2.45, 2.75) is 97.2 Å². The van der Waals surface area contributed by atoms with Gasteiger partial charge in [0.25, 0.3) is 5.91 Å². The summed E-state index contributed by atoms with van der Waals surface area (Å²) in [5.74, 6) is 10.5. The van der Waals surface area contributed by atoms with E-state index in [-0.39, 0.29) is 29.5 Å². The first-order chi connectivity index (χ1) is 28.6. The number of ether oxygens (including phenoxy) is 1. The van der Waals surface area contributed by atoms with Crippen molar-refractivity contribution in [2.24, 2.45) is 16.3 Å². The summed E-state index contributed by atoms with van der Waals surface area (Å²) < 4.78 is 8.28. The molecule has 4 aliphatic rings. The number of carbonyl (C=O) groups excluding carboxylic acids is 1.